The Morgan fingerprint density at radius 2 is 1.88 bits per heavy atom. The maximum Gasteiger partial charge on any atom is 0.253 e. The van der Waals surface area contributed by atoms with Gasteiger partial charge < -0.3 is 10.2 Å². The van der Waals surface area contributed by atoms with Crippen molar-refractivity contribution < 1.29 is 9.59 Å². The van der Waals surface area contributed by atoms with Gasteiger partial charge in [0, 0.05) is 29.7 Å². The maximum absolute atomic E-state index is 12.6. The largest absolute Gasteiger partial charge is 0.353 e. The van der Waals surface area contributed by atoms with Crippen LogP contribution in [0.3, 0.4) is 0 Å². The molecule has 1 aromatic carbocycles. The first-order chi connectivity index (χ1) is 11.9. The van der Waals surface area contributed by atoms with Crippen molar-refractivity contribution in [3.8, 4) is 0 Å². The van der Waals surface area contributed by atoms with Crippen molar-refractivity contribution in [3.05, 3.63) is 34.9 Å². The number of benzene rings is 1. The van der Waals surface area contributed by atoms with Gasteiger partial charge in [-0.1, -0.05) is 25.4 Å². The Labute approximate surface area is 155 Å². The lowest BCUT2D eigenvalue weighted by atomic mass is 9.95. The average Bonchev–Trinajstić information content (AvgIpc) is 2.60. The lowest BCUT2D eigenvalue weighted by Gasteiger charge is -2.32. The van der Waals surface area contributed by atoms with Crippen molar-refractivity contribution in [2.45, 2.75) is 52.5 Å². The second-order valence-electron chi connectivity index (χ2n) is 7.48. The summed E-state index contributed by atoms with van der Waals surface area (Å²) in [6.45, 7) is 7.63. The minimum Gasteiger partial charge on any atom is -0.353 e. The lowest BCUT2D eigenvalue weighted by molar-refractivity contribution is -0.127. The molecule has 2 atom stereocenters. The second kappa shape index (κ2) is 9.23. The molecule has 1 aliphatic heterocycles. The standard InChI is InChI=1S/C20H29ClN2O2/c1-14(2)6-7-15(3)22-19(24)17-5-4-12-23(13-17)20(25)16-8-10-18(21)11-9-16/h8-11,14-15,17H,4-7,12-13H2,1-3H3,(H,22,24). The second-order valence-corrected chi connectivity index (χ2v) is 7.91. The fourth-order valence-corrected chi connectivity index (χ4v) is 3.29. The third-order valence-corrected chi connectivity index (χ3v) is 4.99. The van der Waals surface area contributed by atoms with E-state index in [-0.39, 0.29) is 23.8 Å². The first-order valence-electron chi connectivity index (χ1n) is 9.22. The van der Waals surface area contributed by atoms with Gasteiger partial charge in [0.15, 0.2) is 0 Å². The Morgan fingerprint density at radius 3 is 2.52 bits per heavy atom. The molecule has 5 heteroatoms. The molecule has 0 aromatic heterocycles. The van der Waals surface area contributed by atoms with Crippen LogP contribution in [0, 0.1) is 11.8 Å². The Hall–Kier alpha value is -1.55. The molecule has 2 amide bonds. The van der Waals surface area contributed by atoms with E-state index in [0.29, 0.717) is 29.6 Å². The number of piperidine rings is 1. The van der Waals surface area contributed by atoms with Crippen molar-refractivity contribution in [3.63, 3.8) is 0 Å². The quantitative estimate of drug-likeness (QED) is 0.824. The van der Waals surface area contributed by atoms with Crippen molar-refractivity contribution in [1.82, 2.24) is 10.2 Å². The number of nitrogens with one attached hydrogen (secondary N) is 1. The number of likely N-dealkylation sites (tertiary alicyclic amines) is 1. The number of nitrogens with zero attached hydrogens (tertiary/aromatic N) is 1. The van der Waals surface area contributed by atoms with E-state index in [4.69, 9.17) is 11.6 Å². The minimum absolute atomic E-state index is 0.0259. The number of halogens is 1. The van der Waals surface area contributed by atoms with Gasteiger partial charge in [-0.05, 0) is 62.8 Å². The summed E-state index contributed by atoms with van der Waals surface area (Å²) in [5.74, 6) is 0.569. The molecule has 0 aliphatic carbocycles. The molecule has 2 unspecified atom stereocenters. The lowest BCUT2D eigenvalue weighted by Crippen LogP contribution is -2.47. The van der Waals surface area contributed by atoms with Gasteiger partial charge in [0.1, 0.15) is 0 Å². The third kappa shape index (κ3) is 6.03. The summed E-state index contributed by atoms with van der Waals surface area (Å²) in [6, 6.07) is 7.10. The van der Waals surface area contributed by atoms with Gasteiger partial charge in [0.05, 0.1) is 5.92 Å². The summed E-state index contributed by atoms with van der Waals surface area (Å²) in [6.07, 6.45) is 3.79. The molecule has 1 saturated heterocycles. The van der Waals surface area contributed by atoms with Crippen molar-refractivity contribution in [2.75, 3.05) is 13.1 Å². The zero-order chi connectivity index (χ0) is 18.4. The predicted molar refractivity (Wildman–Crippen MR) is 102 cm³/mol. The smallest absolute Gasteiger partial charge is 0.253 e. The molecule has 25 heavy (non-hydrogen) atoms. The van der Waals surface area contributed by atoms with E-state index < -0.39 is 0 Å². The SMILES string of the molecule is CC(C)CCC(C)NC(=O)C1CCCN(C(=O)c2ccc(Cl)cc2)C1. The van der Waals surface area contributed by atoms with Gasteiger partial charge in [-0.2, -0.15) is 0 Å². The molecule has 0 radical (unpaired) electrons. The van der Waals surface area contributed by atoms with Crippen molar-refractivity contribution in [1.29, 1.82) is 0 Å². The summed E-state index contributed by atoms with van der Waals surface area (Å²) < 4.78 is 0. The number of rotatable bonds is 6. The van der Waals surface area contributed by atoms with Gasteiger partial charge >= 0.3 is 0 Å². The molecule has 1 fully saturated rings. The molecule has 1 heterocycles. The summed E-state index contributed by atoms with van der Waals surface area (Å²) in [7, 11) is 0. The van der Waals surface area contributed by atoms with Crippen LogP contribution in [0.4, 0.5) is 0 Å². The average molecular weight is 365 g/mol. The fourth-order valence-electron chi connectivity index (χ4n) is 3.17. The first-order valence-corrected chi connectivity index (χ1v) is 9.60. The molecule has 0 spiro atoms. The number of amides is 2. The first kappa shape index (κ1) is 19.8. The summed E-state index contributed by atoms with van der Waals surface area (Å²) in [5.41, 5.74) is 0.621. The number of carbonyl (C=O) groups is 2. The molecule has 0 bridgehead atoms. The van der Waals surface area contributed by atoms with Crippen LogP contribution < -0.4 is 5.32 Å². The zero-order valence-corrected chi connectivity index (χ0v) is 16.2. The van der Waals surface area contributed by atoms with E-state index in [1.54, 1.807) is 29.2 Å². The number of hydrogen-bond donors (Lipinski definition) is 1. The van der Waals surface area contributed by atoms with Crippen LogP contribution in [-0.2, 0) is 4.79 Å². The topological polar surface area (TPSA) is 49.4 Å². The van der Waals surface area contributed by atoms with E-state index in [0.717, 1.165) is 25.7 Å². The Balaban J connectivity index is 1.90. The maximum atomic E-state index is 12.6. The highest BCUT2D eigenvalue weighted by Crippen LogP contribution is 2.20. The molecule has 1 aromatic rings. The van der Waals surface area contributed by atoms with E-state index in [1.165, 1.54) is 0 Å². The van der Waals surface area contributed by atoms with E-state index in [9.17, 15) is 9.59 Å². The van der Waals surface area contributed by atoms with Gasteiger partial charge in [-0.3, -0.25) is 9.59 Å². The molecule has 1 aliphatic rings. The van der Waals surface area contributed by atoms with Crippen LogP contribution in [0.2, 0.25) is 5.02 Å². The fraction of sp³-hybridized carbons (Fsp3) is 0.600. The number of carbonyl (C=O) groups excluding carboxylic acids is 2. The van der Waals surface area contributed by atoms with Gasteiger partial charge in [-0.25, -0.2) is 0 Å². The normalized spacial score (nSPS) is 18.9. The molecule has 2 rings (SSSR count). The molecule has 138 valence electrons. The van der Waals surface area contributed by atoms with Crippen LogP contribution in [0.15, 0.2) is 24.3 Å². The highest BCUT2D eigenvalue weighted by molar-refractivity contribution is 6.30. The molecule has 0 saturated carbocycles. The van der Waals surface area contributed by atoms with Crippen LogP contribution in [0.1, 0.15) is 56.8 Å². The summed E-state index contributed by atoms with van der Waals surface area (Å²) >= 11 is 5.88. The summed E-state index contributed by atoms with van der Waals surface area (Å²) in [5, 5.41) is 3.73. The molecular formula is C20H29ClN2O2. The highest BCUT2D eigenvalue weighted by atomic mass is 35.5. The van der Waals surface area contributed by atoms with Crippen LogP contribution in [-0.4, -0.2) is 35.8 Å². The van der Waals surface area contributed by atoms with Crippen LogP contribution in [0.25, 0.3) is 0 Å². The Morgan fingerprint density at radius 1 is 1.20 bits per heavy atom. The van der Waals surface area contributed by atoms with Gasteiger partial charge in [0.25, 0.3) is 5.91 Å². The molecule has 4 nitrogen and oxygen atoms in total. The van der Waals surface area contributed by atoms with Gasteiger partial charge in [-0.15, -0.1) is 0 Å². The monoisotopic (exact) mass is 364 g/mol. The zero-order valence-electron chi connectivity index (χ0n) is 15.4. The Bertz CT molecular complexity index is 586. The van der Waals surface area contributed by atoms with Gasteiger partial charge in [0.2, 0.25) is 5.91 Å². The van der Waals surface area contributed by atoms with E-state index in [1.807, 2.05) is 0 Å². The Kier molecular flexibility index (Phi) is 7.30. The molecule has 1 N–H and O–H groups in total. The minimum atomic E-state index is -0.119. The highest BCUT2D eigenvalue weighted by Gasteiger charge is 2.29. The third-order valence-electron chi connectivity index (χ3n) is 4.74. The number of hydrogen-bond acceptors (Lipinski definition) is 2. The van der Waals surface area contributed by atoms with E-state index in [2.05, 4.69) is 26.1 Å². The van der Waals surface area contributed by atoms with Crippen molar-refractivity contribution >= 4 is 23.4 Å². The molecular weight excluding hydrogens is 336 g/mol. The summed E-state index contributed by atoms with van der Waals surface area (Å²) in [4.78, 5) is 27.0. The van der Waals surface area contributed by atoms with Crippen LogP contribution >= 0.6 is 11.6 Å². The predicted octanol–water partition coefficient (Wildman–Crippen LogP) is 4.13. The van der Waals surface area contributed by atoms with Crippen molar-refractivity contribution in [2.24, 2.45) is 11.8 Å². The van der Waals surface area contributed by atoms with E-state index >= 15 is 0 Å². The van der Waals surface area contributed by atoms with Crippen LogP contribution in [0.5, 0.6) is 0 Å².